The molecule has 1 heterocycles. The van der Waals surface area contributed by atoms with Crippen LogP contribution in [0.2, 0.25) is 0 Å². The fourth-order valence-corrected chi connectivity index (χ4v) is 6.14. The minimum absolute atomic E-state index is 0.0640. The fourth-order valence-electron chi connectivity index (χ4n) is 5.79. The van der Waals surface area contributed by atoms with Crippen LogP contribution in [0.25, 0.3) is 0 Å². The highest BCUT2D eigenvalue weighted by Crippen LogP contribution is 2.60. The summed E-state index contributed by atoms with van der Waals surface area (Å²) < 4.78 is 12.3. The zero-order valence-corrected chi connectivity index (χ0v) is 20.2. The molecule has 0 amide bonds. The molecule has 0 spiro atoms. The van der Waals surface area contributed by atoms with Crippen LogP contribution in [-0.2, 0) is 14.9 Å². The lowest BCUT2D eigenvalue weighted by Gasteiger charge is -2.39. The highest BCUT2D eigenvalue weighted by molar-refractivity contribution is 14.1. The molecule has 2 bridgehead atoms. The number of pyridine rings is 1. The number of rotatable bonds is 6. The van der Waals surface area contributed by atoms with Gasteiger partial charge >= 0.3 is 5.97 Å². The van der Waals surface area contributed by atoms with Crippen molar-refractivity contribution in [3.63, 3.8) is 0 Å². The van der Waals surface area contributed by atoms with Gasteiger partial charge in [0, 0.05) is 15.2 Å². The Labute approximate surface area is 202 Å². The lowest BCUT2D eigenvalue weighted by atomic mass is 9.64. The molecule has 2 aliphatic rings. The first kappa shape index (κ1) is 21.4. The molecule has 1 aromatic heterocycles. The van der Waals surface area contributed by atoms with Crippen molar-refractivity contribution < 1.29 is 14.3 Å². The van der Waals surface area contributed by atoms with Crippen LogP contribution in [0.1, 0.15) is 48.6 Å². The van der Waals surface area contributed by atoms with Crippen molar-refractivity contribution in [1.29, 1.82) is 0 Å². The van der Waals surface area contributed by atoms with Crippen LogP contribution in [0.5, 0.6) is 5.75 Å². The lowest BCUT2D eigenvalue weighted by molar-refractivity contribution is -0.149. The first-order valence-electron chi connectivity index (χ1n) is 11.1. The van der Waals surface area contributed by atoms with Crippen LogP contribution in [0.4, 0.5) is 0 Å². The summed E-state index contributed by atoms with van der Waals surface area (Å²) in [6.45, 7) is 0. The van der Waals surface area contributed by atoms with Crippen molar-refractivity contribution in [1.82, 2.24) is 4.98 Å². The second-order valence-corrected chi connectivity index (χ2v) is 10.1. The van der Waals surface area contributed by atoms with Crippen LogP contribution in [-0.4, -0.2) is 18.1 Å². The van der Waals surface area contributed by atoms with E-state index in [4.69, 9.17) is 9.47 Å². The summed E-state index contributed by atoms with van der Waals surface area (Å²) in [6.07, 6.45) is 5.92. The Hall–Kier alpha value is -2.41. The van der Waals surface area contributed by atoms with Gasteiger partial charge in [-0.2, -0.15) is 0 Å². The van der Waals surface area contributed by atoms with E-state index in [2.05, 4.69) is 64.0 Å². The smallest absolute Gasteiger partial charge is 0.353 e. The van der Waals surface area contributed by atoms with Crippen LogP contribution >= 0.6 is 22.6 Å². The largest absolute Gasteiger partial charge is 0.472 e. The Morgan fingerprint density at radius 3 is 2.31 bits per heavy atom. The summed E-state index contributed by atoms with van der Waals surface area (Å²) in [6, 6.07) is 22.8. The molecule has 0 N–H and O–H groups in total. The van der Waals surface area contributed by atoms with Gasteiger partial charge in [-0.1, -0.05) is 36.8 Å². The number of methoxy groups -OCH3 is 1. The van der Waals surface area contributed by atoms with Crippen molar-refractivity contribution in [3.05, 3.63) is 93.3 Å². The Morgan fingerprint density at radius 2 is 1.75 bits per heavy atom. The predicted molar refractivity (Wildman–Crippen MR) is 131 cm³/mol. The molecule has 3 aromatic rings. The first-order valence-corrected chi connectivity index (χ1v) is 12.2. The number of esters is 1. The maximum absolute atomic E-state index is 12.4. The molecule has 4 atom stereocenters. The van der Waals surface area contributed by atoms with E-state index in [9.17, 15) is 4.79 Å². The number of carbonyl (C=O) groups is 1. The zero-order valence-electron chi connectivity index (χ0n) is 18.0. The van der Waals surface area contributed by atoms with E-state index in [0.717, 1.165) is 5.92 Å². The van der Waals surface area contributed by atoms with Crippen LogP contribution in [0, 0.1) is 15.4 Å². The van der Waals surface area contributed by atoms with Crippen molar-refractivity contribution >= 4 is 28.6 Å². The molecule has 4 unspecified atom stereocenters. The van der Waals surface area contributed by atoms with Gasteiger partial charge in [0.1, 0.15) is 5.75 Å². The number of aromatic nitrogens is 1. The molecular weight excluding hydrogens is 513 g/mol. The number of ether oxygens (including phenoxy) is 2. The van der Waals surface area contributed by atoms with Gasteiger partial charge in [0.25, 0.3) is 0 Å². The van der Waals surface area contributed by atoms with Crippen molar-refractivity contribution in [2.24, 2.45) is 11.8 Å². The van der Waals surface area contributed by atoms with Crippen molar-refractivity contribution in [2.75, 3.05) is 7.11 Å². The fraction of sp³-hybridized carbons (Fsp3) is 0.333. The van der Waals surface area contributed by atoms with Crippen molar-refractivity contribution in [2.45, 2.75) is 37.2 Å². The summed E-state index contributed by atoms with van der Waals surface area (Å²) in [5.41, 5.74) is 3.35. The number of fused-ring (bicyclic) bond motifs is 2. The Bertz CT molecular complexity index is 1080. The molecular formula is C27H26INO3. The lowest BCUT2D eigenvalue weighted by Crippen LogP contribution is -2.34. The second kappa shape index (κ2) is 8.85. The Kier molecular flexibility index (Phi) is 5.93. The highest BCUT2D eigenvalue weighted by Gasteiger charge is 2.52. The Balaban J connectivity index is 1.46. The molecule has 0 radical (unpaired) electrons. The van der Waals surface area contributed by atoms with Crippen LogP contribution in [0.15, 0.2) is 72.9 Å². The third kappa shape index (κ3) is 3.81. The third-order valence-corrected chi connectivity index (χ3v) is 7.92. The molecule has 2 aromatic carbocycles. The molecule has 0 aliphatic heterocycles. The molecule has 164 valence electrons. The summed E-state index contributed by atoms with van der Waals surface area (Å²) >= 11 is 2.37. The Morgan fingerprint density at radius 1 is 1.03 bits per heavy atom. The number of hydrogen-bond acceptors (Lipinski definition) is 4. The monoisotopic (exact) mass is 539 g/mol. The van der Waals surface area contributed by atoms with E-state index < -0.39 is 12.1 Å². The van der Waals surface area contributed by atoms with Gasteiger partial charge in [0.2, 0.25) is 6.10 Å². The number of nitrogens with zero attached hydrogens (tertiary/aromatic N) is 1. The van der Waals surface area contributed by atoms with E-state index in [1.807, 2.05) is 24.3 Å². The molecule has 5 rings (SSSR count). The van der Waals surface area contributed by atoms with E-state index in [1.54, 1.807) is 12.3 Å². The van der Waals surface area contributed by atoms with E-state index in [0.29, 0.717) is 17.4 Å². The summed E-state index contributed by atoms with van der Waals surface area (Å²) in [5.74, 6) is 1.66. The molecule has 4 nitrogen and oxygen atoms in total. The quantitative estimate of drug-likeness (QED) is 0.281. The highest BCUT2D eigenvalue weighted by atomic mass is 127. The van der Waals surface area contributed by atoms with Gasteiger partial charge in [-0.3, -0.25) is 4.98 Å². The second-order valence-electron chi connectivity index (χ2n) is 8.86. The molecule has 5 heteroatoms. The molecule has 2 saturated carbocycles. The average molecular weight is 539 g/mol. The SMILES string of the molecule is COC(=O)C(Oc1ccc(C2(c3ccc(I)cc3)CC3CCC2C3)cc1)c1ccccn1. The molecule has 0 saturated heterocycles. The van der Waals surface area contributed by atoms with Gasteiger partial charge in [0.15, 0.2) is 0 Å². The predicted octanol–water partition coefficient (Wildman–Crippen LogP) is 6.09. The van der Waals surface area contributed by atoms with Crippen LogP contribution in [0.3, 0.4) is 0 Å². The molecule has 2 aliphatic carbocycles. The van der Waals surface area contributed by atoms with E-state index in [-0.39, 0.29) is 5.41 Å². The maximum Gasteiger partial charge on any atom is 0.353 e. The van der Waals surface area contributed by atoms with Gasteiger partial charge in [-0.15, -0.1) is 0 Å². The number of halogens is 1. The van der Waals surface area contributed by atoms with Gasteiger partial charge in [-0.05, 0) is 101 Å². The number of carbonyl (C=O) groups excluding carboxylic acids is 1. The average Bonchev–Trinajstić information content (AvgIpc) is 3.46. The number of hydrogen-bond donors (Lipinski definition) is 0. The summed E-state index contributed by atoms with van der Waals surface area (Å²) in [5, 5.41) is 0. The normalized spacial score (nSPS) is 24.8. The minimum atomic E-state index is -0.889. The third-order valence-electron chi connectivity index (χ3n) is 7.20. The zero-order chi connectivity index (χ0) is 22.1. The van der Waals surface area contributed by atoms with E-state index >= 15 is 0 Å². The van der Waals surface area contributed by atoms with Gasteiger partial charge < -0.3 is 9.47 Å². The van der Waals surface area contributed by atoms with Gasteiger partial charge in [0.05, 0.1) is 12.8 Å². The van der Waals surface area contributed by atoms with Gasteiger partial charge in [-0.25, -0.2) is 4.79 Å². The standard InChI is InChI=1S/C27H26INO3/c1-31-26(30)25(24-4-2-3-15-29-24)32-23-13-9-20(10-14-23)27(17-18-5-6-21(27)16-18)19-7-11-22(28)12-8-19/h2-4,7-15,18,21,25H,5-6,16-17H2,1H3. The first-order chi connectivity index (χ1) is 15.6. The molecule has 2 fully saturated rings. The topological polar surface area (TPSA) is 48.4 Å². The van der Waals surface area contributed by atoms with Crippen molar-refractivity contribution in [3.8, 4) is 5.75 Å². The summed E-state index contributed by atoms with van der Waals surface area (Å²) in [4.78, 5) is 16.6. The maximum atomic E-state index is 12.4. The minimum Gasteiger partial charge on any atom is -0.472 e. The number of benzene rings is 2. The molecule has 32 heavy (non-hydrogen) atoms. The summed E-state index contributed by atoms with van der Waals surface area (Å²) in [7, 11) is 1.37. The van der Waals surface area contributed by atoms with Crippen LogP contribution < -0.4 is 4.74 Å². The van der Waals surface area contributed by atoms with E-state index in [1.165, 1.54) is 47.5 Å².